The van der Waals surface area contributed by atoms with Gasteiger partial charge >= 0.3 is 0 Å². The molecule has 0 spiro atoms. The molecule has 0 amide bonds. The second-order valence-electron chi connectivity index (χ2n) is 3.28. The minimum Gasteiger partial charge on any atom is -0.399 e. The molecule has 1 aromatic rings. The molecule has 86 valence electrons. The zero-order valence-electron chi connectivity index (χ0n) is 8.67. The van der Waals surface area contributed by atoms with Crippen molar-refractivity contribution >= 4 is 17.4 Å². The number of hydrogen-bond donors (Lipinski definition) is 1. The van der Waals surface area contributed by atoms with Crippen molar-refractivity contribution in [1.29, 1.82) is 5.26 Å². The van der Waals surface area contributed by atoms with Crippen LogP contribution < -0.4 is 5.73 Å². The molecule has 16 heavy (non-hydrogen) atoms. The van der Waals surface area contributed by atoms with Crippen LogP contribution in [0, 0.1) is 23.0 Å². The van der Waals surface area contributed by atoms with E-state index in [0.29, 0.717) is 12.2 Å². The maximum atomic E-state index is 13.3. The molecule has 1 rings (SSSR count). The number of hydrogen-bond acceptors (Lipinski definition) is 3. The maximum Gasteiger partial charge on any atom is 0.141 e. The molecule has 0 atom stereocenters. The Balaban J connectivity index is 2.51. The maximum absolute atomic E-state index is 13.3. The molecule has 5 heteroatoms. The smallest absolute Gasteiger partial charge is 0.141 e. The predicted molar refractivity (Wildman–Crippen MR) is 61.0 cm³/mol. The molecule has 0 aliphatic rings. The minimum atomic E-state index is -0.622. The summed E-state index contributed by atoms with van der Waals surface area (Å²) in [6.45, 7) is 0. The summed E-state index contributed by atoms with van der Waals surface area (Å²) in [4.78, 5) is 0.00570. The normalized spacial score (nSPS) is 10.1. The summed E-state index contributed by atoms with van der Waals surface area (Å²) in [6, 6.07) is 4.25. The van der Waals surface area contributed by atoms with Crippen LogP contribution in [0.3, 0.4) is 0 Å². The van der Waals surface area contributed by atoms with Crippen LogP contribution in [-0.4, -0.2) is 5.75 Å². The van der Waals surface area contributed by atoms with E-state index in [2.05, 4.69) is 0 Å². The third kappa shape index (κ3) is 3.70. The molecule has 2 nitrogen and oxygen atoms in total. The fourth-order valence-corrected chi connectivity index (χ4v) is 2.14. The van der Waals surface area contributed by atoms with Crippen LogP contribution in [0.25, 0.3) is 0 Å². The number of halogens is 2. The summed E-state index contributed by atoms with van der Waals surface area (Å²) >= 11 is 1.12. The third-order valence-electron chi connectivity index (χ3n) is 1.95. The Morgan fingerprint density at radius 1 is 1.25 bits per heavy atom. The second kappa shape index (κ2) is 6.33. The molecule has 0 aliphatic carbocycles. The van der Waals surface area contributed by atoms with Crippen molar-refractivity contribution in [3.63, 3.8) is 0 Å². The lowest BCUT2D eigenvalue weighted by Crippen LogP contribution is -1.94. The number of rotatable bonds is 5. The zero-order chi connectivity index (χ0) is 12.0. The molecule has 0 fully saturated rings. The van der Waals surface area contributed by atoms with Crippen molar-refractivity contribution in [2.45, 2.75) is 24.2 Å². The van der Waals surface area contributed by atoms with E-state index >= 15 is 0 Å². The molecule has 0 saturated heterocycles. The van der Waals surface area contributed by atoms with Gasteiger partial charge in [-0.15, -0.1) is 11.8 Å². The summed E-state index contributed by atoms with van der Waals surface area (Å²) in [6.07, 6.45) is 2.00. The van der Waals surface area contributed by atoms with Crippen molar-refractivity contribution in [2.75, 3.05) is 11.5 Å². The van der Waals surface area contributed by atoms with Gasteiger partial charge in [-0.25, -0.2) is 8.78 Å². The topological polar surface area (TPSA) is 49.8 Å². The Kier molecular flexibility index (Phi) is 5.06. The first-order valence-corrected chi connectivity index (χ1v) is 5.88. The molecule has 0 radical (unpaired) electrons. The first kappa shape index (κ1) is 12.8. The molecule has 0 saturated carbocycles. The van der Waals surface area contributed by atoms with E-state index in [4.69, 9.17) is 11.0 Å². The van der Waals surface area contributed by atoms with E-state index in [1.165, 1.54) is 0 Å². The van der Waals surface area contributed by atoms with Gasteiger partial charge in [-0.3, -0.25) is 0 Å². The molecule has 0 heterocycles. The highest BCUT2D eigenvalue weighted by Gasteiger charge is 2.10. The molecule has 1 aromatic carbocycles. The quantitative estimate of drug-likeness (QED) is 0.489. The molecule has 0 unspecified atom stereocenters. The largest absolute Gasteiger partial charge is 0.399 e. The number of nitrogen functional groups attached to an aromatic ring is 1. The number of thioether (sulfide) groups is 1. The van der Waals surface area contributed by atoms with Crippen molar-refractivity contribution < 1.29 is 8.78 Å². The SMILES string of the molecule is N#CCCCCSc1c(F)cc(N)cc1F. The van der Waals surface area contributed by atoms with Gasteiger partial charge in [0.05, 0.1) is 11.0 Å². The molecule has 0 bridgehead atoms. The summed E-state index contributed by atoms with van der Waals surface area (Å²) in [7, 11) is 0. The number of nitriles is 1. The highest BCUT2D eigenvalue weighted by atomic mass is 32.2. The van der Waals surface area contributed by atoms with Gasteiger partial charge in [-0.05, 0) is 30.7 Å². The van der Waals surface area contributed by atoms with Crippen molar-refractivity contribution in [3.05, 3.63) is 23.8 Å². The van der Waals surface area contributed by atoms with Crippen molar-refractivity contribution in [3.8, 4) is 6.07 Å². The predicted octanol–water partition coefficient (Wildman–Crippen LogP) is 3.33. The van der Waals surface area contributed by atoms with Crippen molar-refractivity contribution in [1.82, 2.24) is 0 Å². The Labute approximate surface area is 97.4 Å². The van der Waals surface area contributed by atoms with Crippen LogP contribution in [0.4, 0.5) is 14.5 Å². The van der Waals surface area contributed by atoms with Gasteiger partial charge in [0.2, 0.25) is 0 Å². The highest BCUT2D eigenvalue weighted by Crippen LogP contribution is 2.27. The number of unbranched alkanes of at least 4 members (excludes halogenated alkanes) is 2. The van der Waals surface area contributed by atoms with Crippen LogP contribution in [0.1, 0.15) is 19.3 Å². The Morgan fingerprint density at radius 3 is 2.44 bits per heavy atom. The number of nitrogens with two attached hydrogens (primary N) is 1. The molecule has 2 N–H and O–H groups in total. The van der Waals surface area contributed by atoms with E-state index in [9.17, 15) is 8.78 Å². The van der Waals surface area contributed by atoms with E-state index in [-0.39, 0.29) is 10.6 Å². The van der Waals surface area contributed by atoms with Crippen LogP contribution in [-0.2, 0) is 0 Å². The average Bonchev–Trinajstić information content (AvgIpc) is 2.20. The third-order valence-corrected chi connectivity index (χ3v) is 3.12. The van der Waals surface area contributed by atoms with Gasteiger partial charge in [0.25, 0.3) is 0 Å². The van der Waals surface area contributed by atoms with Crippen LogP contribution in [0.5, 0.6) is 0 Å². The highest BCUT2D eigenvalue weighted by molar-refractivity contribution is 7.99. The van der Waals surface area contributed by atoms with Gasteiger partial charge in [0, 0.05) is 12.1 Å². The summed E-state index contributed by atoms with van der Waals surface area (Å²) in [5, 5.41) is 8.31. The summed E-state index contributed by atoms with van der Waals surface area (Å²) < 4.78 is 26.6. The second-order valence-corrected chi connectivity index (χ2v) is 4.38. The monoisotopic (exact) mass is 242 g/mol. The summed E-state index contributed by atoms with van der Waals surface area (Å²) in [5.74, 6) is -0.648. The fraction of sp³-hybridized carbons (Fsp3) is 0.364. The molecule has 0 aromatic heterocycles. The van der Waals surface area contributed by atoms with Crippen LogP contribution >= 0.6 is 11.8 Å². The van der Waals surface area contributed by atoms with Gasteiger partial charge in [0.15, 0.2) is 0 Å². The number of benzene rings is 1. The van der Waals surface area contributed by atoms with Crippen LogP contribution in [0.2, 0.25) is 0 Å². The van der Waals surface area contributed by atoms with E-state index in [1.54, 1.807) is 0 Å². The lowest BCUT2D eigenvalue weighted by molar-refractivity contribution is 0.541. The fourth-order valence-electron chi connectivity index (χ4n) is 1.20. The number of nitrogens with zero attached hydrogens (tertiary/aromatic N) is 1. The van der Waals surface area contributed by atoms with E-state index in [1.807, 2.05) is 6.07 Å². The van der Waals surface area contributed by atoms with E-state index < -0.39 is 11.6 Å². The molecule has 0 aliphatic heterocycles. The van der Waals surface area contributed by atoms with Gasteiger partial charge in [-0.2, -0.15) is 5.26 Å². The van der Waals surface area contributed by atoms with Gasteiger partial charge in [0.1, 0.15) is 11.6 Å². The first-order chi connectivity index (χ1) is 7.65. The Hall–Kier alpha value is -1.28. The van der Waals surface area contributed by atoms with Crippen LogP contribution in [0.15, 0.2) is 17.0 Å². The first-order valence-electron chi connectivity index (χ1n) is 4.89. The van der Waals surface area contributed by atoms with Gasteiger partial charge in [-0.1, -0.05) is 0 Å². The lowest BCUT2D eigenvalue weighted by atomic mass is 10.3. The minimum absolute atomic E-state index is 0.00570. The average molecular weight is 242 g/mol. The Bertz CT molecular complexity index is 378. The molecular weight excluding hydrogens is 230 g/mol. The van der Waals surface area contributed by atoms with Crippen molar-refractivity contribution in [2.24, 2.45) is 0 Å². The molecular formula is C11H12F2N2S. The Morgan fingerprint density at radius 2 is 1.88 bits per heavy atom. The van der Waals surface area contributed by atoms with Gasteiger partial charge < -0.3 is 5.73 Å². The summed E-state index contributed by atoms with van der Waals surface area (Å²) in [5.41, 5.74) is 5.38. The zero-order valence-corrected chi connectivity index (χ0v) is 9.49. The van der Waals surface area contributed by atoms with E-state index in [0.717, 1.165) is 36.7 Å². The standard InChI is InChI=1S/C11H12F2N2S/c12-9-6-8(15)7-10(13)11(9)16-5-3-1-2-4-14/h6-7H,1-3,5,15H2. The number of anilines is 1. The lowest BCUT2D eigenvalue weighted by Gasteiger charge is -2.05.